The molecule has 2 aromatic rings. The van der Waals surface area contributed by atoms with Crippen molar-refractivity contribution in [2.75, 3.05) is 5.73 Å². The molecule has 0 aliphatic carbocycles. The van der Waals surface area contributed by atoms with Crippen molar-refractivity contribution in [1.82, 2.24) is 15.3 Å². The summed E-state index contributed by atoms with van der Waals surface area (Å²) < 4.78 is 5.30. The van der Waals surface area contributed by atoms with Crippen LogP contribution in [0.4, 0.5) is 5.82 Å². The molecule has 0 aliphatic heterocycles. The van der Waals surface area contributed by atoms with Crippen molar-refractivity contribution < 1.29 is 9.21 Å². The number of hydrogen-bond donors (Lipinski definition) is 2. The quantitative estimate of drug-likeness (QED) is 0.806. The van der Waals surface area contributed by atoms with E-state index in [0.717, 1.165) is 5.76 Å². The van der Waals surface area contributed by atoms with Gasteiger partial charge in [-0.05, 0) is 31.2 Å². The summed E-state index contributed by atoms with van der Waals surface area (Å²) >= 11 is 0. The average Bonchev–Trinajstić information content (AvgIpc) is 2.80. The second kappa shape index (κ2) is 5.81. The van der Waals surface area contributed by atoms with Gasteiger partial charge in [-0.1, -0.05) is 0 Å². The fourth-order valence-electron chi connectivity index (χ4n) is 1.43. The van der Waals surface area contributed by atoms with Crippen LogP contribution in [0.2, 0.25) is 0 Å². The Kier molecular flexibility index (Phi) is 3.92. The van der Waals surface area contributed by atoms with E-state index in [2.05, 4.69) is 15.3 Å². The maximum absolute atomic E-state index is 11.6. The van der Waals surface area contributed by atoms with Crippen LogP contribution in [-0.2, 0) is 11.3 Å². The number of aryl methyl sites for hydroxylation is 1. The standard InChI is InChI=1S/C13H14N4O2/c1-9-2-3-10(19-9)4-5-13(18)16-8-12-15-7-6-11(14)17-12/h2-7H,8H2,1H3,(H,16,18)(H2,14,15,17). The van der Waals surface area contributed by atoms with Crippen LogP contribution in [0.1, 0.15) is 17.3 Å². The van der Waals surface area contributed by atoms with Gasteiger partial charge in [0.25, 0.3) is 0 Å². The third kappa shape index (κ3) is 3.95. The molecular formula is C13H14N4O2. The Morgan fingerprint density at radius 3 is 3.00 bits per heavy atom. The molecule has 0 aromatic carbocycles. The minimum Gasteiger partial charge on any atom is -0.462 e. The van der Waals surface area contributed by atoms with Crippen molar-refractivity contribution in [3.05, 3.63) is 47.8 Å². The predicted molar refractivity (Wildman–Crippen MR) is 70.8 cm³/mol. The molecular weight excluding hydrogens is 244 g/mol. The van der Waals surface area contributed by atoms with Crippen molar-refractivity contribution in [1.29, 1.82) is 0 Å². The van der Waals surface area contributed by atoms with Gasteiger partial charge in [-0.3, -0.25) is 4.79 Å². The SMILES string of the molecule is Cc1ccc(C=CC(=O)NCc2nccc(N)n2)o1. The van der Waals surface area contributed by atoms with Gasteiger partial charge >= 0.3 is 0 Å². The third-order valence-electron chi connectivity index (χ3n) is 2.31. The summed E-state index contributed by atoms with van der Waals surface area (Å²) in [5.74, 6) is 2.03. The third-order valence-corrected chi connectivity index (χ3v) is 2.31. The van der Waals surface area contributed by atoms with E-state index in [9.17, 15) is 4.79 Å². The first-order valence-electron chi connectivity index (χ1n) is 5.73. The fourth-order valence-corrected chi connectivity index (χ4v) is 1.43. The number of nitrogens with zero attached hydrogens (tertiary/aromatic N) is 2. The second-order valence-electron chi connectivity index (χ2n) is 3.90. The molecule has 6 heteroatoms. The van der Waals surface area contributed by atoms with Gasteiger partial charge in [-0.2, -0.15) is 0 Å². The Morgan fingerprint density at radius 1 is 1.47 bits per heavy atom. The lowest BCUT2D eigenvalue weighted by molar-refractivity contribution is -0.116. The molecule has 0 bridgehead atoms. The summed E-state index contributed by atoms with van der Waals surface area (Å²) in [6, 6.07) is 5.21. The molecule has 0 fully saturated rings. The summed E-state index contributed by atoms with van der Waals surface area (Å²) in [4.78, 5) is 19.5. The minimum absolute atomic E-state index is 0.228. The number of carbonyl (C=O) groups excluding carboxylic acids is 1. The van der Waals surface area contributed by atoms with Crippen LogP contribution in [-0.4, -0.2) is 15.9 Å². The largest absolute Gasteiger partial charge is 0.462 e. The van der Waals surface area contributed by atoms with E-state index < -0.39 is 0 Å². The molecule has 2 rings (SSSR count). The number of nitrogen functional groups attached to an aromatic ring is 1. The maximum Gasteiger partial charge on any atom is 0.244 e. The number of carbonyl (C=O) groups is 1. The van der Waals surface area contributed by atoms with Gasteiger partial charge in [0.2, 0.25) is 5.91 Å². The lowest BCUT2D eigenvalue weighted by Crippen LogP contribution is -2.21. The van der Waals surface area contributed by atoms with Crippen molar-refractivity contribution in [2.45, 2.75) is 13.5 Å². The molecule has 3 N–H and O–H groups in total. The predicted octanol–water partition coefficient (Wildman–Crippen LogP) is 1.29. The molecule has 0 atom stereocenters. The van der Waals surface area contributed by atoms with E-state index in [-0.39, 0.29) is 12.5 Å². The lowest BCUT2D eigenvalue weighted by atomic mass is 10.4. The minimum atomic E-state index is -0.250. The van der Waals surface area contributed by atoms with Crippen LogP contribution >= 0.6 is 0 Å². The van der Waals surface area contributed by atoms with Gasteiger partial charge in [-0.15, -0.1) is 0 Å². The van der Waals surface area contributed by atoms with Crippen LogP contribution in [0.15, 0.2) is 34.9 Å². The molecule has 0 radical (unpaired) electrons. The average molecular weight is 258 g/mol. The Bertz CT molecular complexity index is 604. The summed E-state index contributed by atoms with van der Waals surface area (Å²) in [6.07, 6.45) is 4.54. The summed E-state index contributed by atoms with van der Waals surface area (Å²) in [7, 11) is 0. The zero-order chi connectivity index (χ0) is 13.7. The van der Waals surface area contributed by atoms with Crippen molar-refractivity contribution in [3.8, 4) is 0 Å². The van der Waals surface area contributed by atoms with Crippen molar-refractivity contribution in [2.24, 2.45) is 0 Å². The second-order valence-corrected chi connectivity index (χ2v) is 3.90. The Morgan fingerprint density at radius 2 is 2.32 bits per heavy atom. The zero-order valence-corrected chi connectivity index (χ0v) is 10.5. The molecule has 6 nitrogen and oxygen atoms in total. The maximum atomic E-state index is 11.6. The Labute approximate surface area is 110 Å². The monoisotopic (exact) mass is 258 g/mol. The lowest BCUT2D eigenvalue weighted by Gasteiger charge is -2.01. The topological polar surface area (TPSA) is 94.0 Å². The number of rotatable bonds is 4. The highest BCUT2D eigenvalue weighted by Gasteiger charge is 2.00. The van der Waals surface area contributed by atoms with E-state index in [1.165, 1.54) is 6.08 Å². The number of anilines is 1. The van der Waals surface area contributed by atoms with Gasteiger partial charge in [-0.25, -0.2) is 9.97 Å². The van der Waals surface area contributed by atoms with Crippen molar-refractivity contribution in [3.63, 3.8) is 0 Å². The number of amides is 1. The van der Waals surface area contributed by atoms with Crippen LogP contribution < -0.4 is 11.1 Å². The first-order chi connectivity index (χ1) is 9.13. The van der Waals surface area contributed by atoms with E-state index in [4.69, 9.17) is 10.2 Å². The number of furan rings is 1. The van der Waals surface area contributed by atoms with Crippen LogP contribution in [0.25, 0.3) is 6.08 Å². The molecule has 0 aliphatic rings. The van der Waals surface area contributed by atoms with E-state index >= 15 is 0 Å². The highest BCUT2D eigenvalue weighted by Crippen LogP contribution is 2.07. The van der Waals surface area contributed by atoms with E-state index in [0.29, 0.717) is 17.4 Å². The van der Waals surface area contributed by atoms with Gasteiger partial charge < -0.3 is 15.5 Å². The van der Waals surface area contributed by atoms with Crippen molar-refractivity contribution >= 4 is 17.8 Å². The van der Waals surface area contributed by atoms with Crippen LogP contribution in [0.5, 0.6) is 0 Å². The summed E-state index contributed by atoms with van der Waals surface area (Å²) in [6.45, 7) is 2.07. The molecule has 0 saturated heterocycles. The Balaban J connectivity index is 1.86. The van der Waals surface area contributed by atoms with Crippen LogP contribution in [0, 0.1) is 6.92 Å². The molecule has 0 unspecified atom stereocenters. The molecule has 2 aromatic heterocycles. The van der Waals surface area contributed by atoms with E-state index in [1.807, 2.05) is 13.0 Å². The number of nitrogens with one attached hydrogen (secondary N) is 1. The van der Waals surface area contributed by atoms with Gasteiger partial charge in [0.05, 0.1) is 6.54 Å². The number of aromatic nitrogens is 2. The molecule has 19 heavy (non-hydrogen) atoms. The molecule has 2 heterocycles. The number of nitrogens with two attached hydrogens (primary N) is 1. The molecule has 98 valence electrons. The highest BCUT2D eigenvalue weighted by atomic mass is 16.3. The summed E-state index contributed by atoms with van der Waals surface area (Å²) in [5.41, 5.74) is 5.51. The smallest absolute Gasteiger partial charge is 0.244 e. The van der Waals surface area contributed by atoms with E-state index in [1.54, 1.807) is 24.4 Å². The van der Waals surface area contributed by atoms with Gasteiger partial charge in [0.1, 0.15) is 23.2 Å². The van der Waals surface area contributed by atoms with Gasteiger partial charge in [0.15, 0.2) is 0 Å². The molecule has 0 saturated carbocycles. The fraction of sp³-hybridized carbons (Fsp3) is 0.154. The van der Waals surface area contributed by atoms with Crippen LogP contribution in [0.3, 0.4) is 0 Å². The first-order valence-corrected chi connectivity index (χ1v) is 5.73. The zero-order valence-electron chi connectivity index (χ0n) is 10.5. The normalized spacial score (nSPS) is 10.8. The molecule has 0 spiro atoms. The first kappa shape index (κ1) is 12.8. The Hall–Kier alpha value is -2.63. The highest BCUT2D eigenvalue weighted by molar-refractivity contribution is 5.91. The van der Waals surface area contributed by atoms with Gasteiger partial charge in [0, 0.05) is 12.3 Å². The molecule has 1 amide bonds. The number of hydrogen-bond acceptors (Lipinski definition) is 5. The summed E-state index contributed by atoms with van der Waals surface area (Å²) in [5, 5.41) is 2.66.